The molecule has 0 aliphatic heterocycles. The summed E-state index contributed by atoms with van der Waals surface area (Å²) in [6, 6.07) is 13.7. The van der Waals surface area contributed by atoms with Gasteiger partial charge >= 0.3 is 0 Å². The fourth-order valence-corrected chi connectivity index (χ4v) is 5.84. The number of benzene rings is 2. The van der Waals surface area contributed by atoms with E-state index in [1.165, 1.54) is 37.1 Å². The Hall–Kier alpha value is -2.66. The van der Waals surface area contributed by atoms with Gasteiger partial charge in [0.1, 0.15) is 5.75 Å². The summed E-state index contributed by atoms with van der Waals surface area (Å²) in [6.45, 7) is 2.30. The zero-order valence-electron chi connectivity index (χ0n) is 17.4. The number of hydrogen-bond acceptors (Lipinski definition) is 4. The second kappa shape index (κ2) is 7.88. The van der Waals surface area contributed by atoms with Crippen LogP contribution in [-0.2, 0) is 0 Å². The van der Waals surface area contributed by atoms with Gasteiger partial charge in [-0.25, -0.2) is 4.98 Å². The highest BCUT2D eigenvalue weighted by molar-refractivity contribution is 7.18. The maximum absolute atomic E-state index is 13.1. The van der Waals surface area contributed by atoms with Crippen molar-refractivity contribution in [2.75, 3.05) is 7.11 Å². The summed E-state index contributed by atoms with van der Waals surface area (Å²) >= 11 is 1.77. The molecule has 2 heterocycles. The van der Waals surface area contributed by atoms with Crippen LogP contribution in [0.3, 0.4) is 0 Å². The summed E-state index contributed by atoms with van der Waals surface area (Å²) in [6.07, 6.45) is 8.19. The van der Waals surface area contributed by atoms with E-state index < -0.39 is 0 Å². The predicted molar refractivity (Wildman–Crippen MR) is 124 cm³/mol. The standard InChI is InChI=1S/C25H26N2O2S/c1-3-16-8-10-18(11-9-16)24-26-20-14-22(29-2)21(15-23(20)30-24)27-13-12-17-6-4-5-7-19(17)25(27)28/h4-7,12-16,18H,3,8-11H2,1-2H3. The monoisotopic (exact) mass is 418 g/mol. The number of rotatable bonds is 4. The van der Waals surface area contributed by atoms with Crippen LogP contribution in [0.15, 0.2) is 53.5 Å². The third kappa shape index (κ3) is 3.31. The molecule has 1 saturated carbocycles. The van der Waals surface area contributed by atoms with Crippen LogP contribution >= 0.6 is 11.3 Å². The van der Waals surface area contributed by atoms with Crippen molar-refractivity contribution >= 4 is 32.3 Å². The van der Waals surface area contributed by atoms with Crippen LogP contribution in [0.5, 0.6) is 5.75 Å². The molecule has 1 aliphatic rings. The van der Waals surface area contributed by atoms with Gasteiger partial charge in [-0.2, -0.15) is 0 Å². The van der Waals surface area contributed by atoms with E-state index in [0.29, 0.717) is 17.1 Å². The molecule has 5 heteroatoms. The van der Waals surface area contributed by atoms with Gasteiger partial charge in [0.15, 0.2) is 0 Å². The normalized spacial score (nSPS) is 19.4. The van der Waals surface area contributed by atoms with E-state index in [1.54, 1.807) is 23.0 Å². The Kier molecular flexibility index (Phi) is 5.07. The van der Waals surface area contributed by atoms with Crippen LogP contribution in [0.25, 0.3) is 26.7 Å². The molecule has 2 aromatic heterocycles. The molecule has 2 aromatic carbocycles. The van der Waals surface area contributed by atoms with Gasteiger partial charge in [-0.05, 0) is 55.2 Å². The van der Waals surface area contributed by atoms with Crippen LogP contribution in [0.1, 0.15) is 50.0 Å². The lowest BCUT2D eigenvalue weighted by molar-refractivity contribution is 0.318. The second-order valence-corrected chi connectivity index (χ2v) is 9.31. The summed E-state index contributed by atoms with van der Waals surface area (Å²) in [5, 5.41) is 2.88. The molecule has 1 aliphatic carbocycles. The summed E-state index contributed by atoms with van der Waals surface area (Å²) < 4.78 is 8.46. The fraction of sp³-hybridized carbons (Fsp3) is 0.360. The minimum Gasteiger partial charge on any atom is -0.494 e. The van der Waals surface area contributed by atoms with E-state index in [4.69, 9.17) is 9.72 Å². The summed E-state index contributed by atoms with van der Waals surface area (Å²) in [5.41, 5.74) is 1.70. The number of methoxy groups -OCH3 is 1. The number of hydrogen-bond donors (Lipinski definition) is 0. The van der Waals surface area contributed by atoms with Crippen LogP contribution in [0.4, 0.5) is 0 Å². The molecule has 154 valence electrons. The molecule has 4 nitrogen and oxygen atoms in total. The lowest BCUT2D eigenvalue weighted by Gasteiger charge is -2.26. The number of aromatic nitrogens is 2. The lowest BCUT2D eigenvalue weighted by atomic mass is 9.81. The van der Waals surface area contributed by atoms with Crippen molar-refractivity contribution in [2.24, 2.45) is 5.92 Å². The Balaban J connectivity index is 1.58. The molecule has 30 heavy (non-hydrogen) atoms. The van der Waals surface area contributed by atoms with Gasteiger partial charge in [0.2, 0.25) is 0 Å². The number of thiazole rings is 1. The number of pyridine rings is 1. The average Bonchev–Trinajstić information content (AvgIpc) is 3.22. The molecular weight excluding hydrogens is 392 g/mol. The SMILES string of the molecule is CCC1CCC(c2nc3cc(OC)c(-n4ccc5ccccc5c4=O)cc3s2)CC1. The van der Waals surface area contributed by atoms with Crippen molar-refractivity contribution in [3.05, 3.63) is 64.0 Å². The van der Waals surface area contributed by atoms with E-state index in [9.17, 15) is 4.79 Å². The Morgan fingerprint density at radius 3 is 2.70 bits per heavy atom. The maximum Gasteiger partial charge on any atom is 0.263 e. The first kappa shape index (κ1) is 19.3. The Morgan fingerprint density at radius 2 is 1.93 bits per heavy atom. The number of nitrogens with zero attached hydrogens (tertiary/aromatic N) is 2. The fourth-order valence-electron chi connectivity index (χ4n) is 4.68. The molecule has 0 atom stereocenters. The average molecular weight is 419 g/mol. The first-order valence-electron chi connectivity index (χ1n) is 10.8. The largest absolute Gasteiger partial charge is 0.494 e. The topological polar surface area (TPSA) is 44.1 Å². The van der Waals surface area contributed by atoms with E-state index in [2.05, 4.69) is 13.0 Å². The summed E-state index contributed by atoms with van der Waals surface area (Å²) in [4.78, 5) is 18.1. The van der Waals surface area contributed by atoms with Crippen molar-refractivity contribution in [1.82, 2.24) is 9.55 Å². The van der Waals surface area contributed by atoms with E-state index >= 15 is 0 Å². The second-order valence-electron chi connectivity index (χ2n) is 8.25. The first-order valence-corrected chi connectivity index (χ1v) is 11.6. The summed E-state index contributed by atoms with van der Waals surface area (Å²) in [5.74, 6) is 2.11. The number of ether oxygens (including phenoxy) is 1. The Bertz CT molecular complexity index is 1270. The molecule has 0 bridgehead atoms. The van der Waals surface area contributed by atoms with Crippen LogP contribution in [0.2, 0.25) is 0 Å². The van der Waals surface area contributed by atoms with Gasteiger partial charge in [0.05, 0.1) is 28.0 Å². The molecule has 0 saturated heterocycles. The Morgan fingerprint density at radius 1 is 1.13 bits per heavy atom. The molecule has 0 amide bonds. The quantitative estimate of drug-likeness (QED) is 0.391. The number of fused-ring (bicyclic) bond motifs is 2. The molecule has 5 rings (SSSR count). The van der Waals surface area contributed by atoms with Gasteiger partial charge in [0.25, 0.3) is 5.56 Å². The third-order valence-electron chi connectivity index (χ3n) is 6.55. The van der Waals surface area contributed by atoms with Crippen molar-refractivity contribution in [1.29, 1.82) is 0 Å². The molecule has 0 N–H and O–H groups in total. The van der Waals surface area contributed by atoms with Gasteiger partial charge in [-0.3, -0.25) is 9.36 Å². The smallest absolute Gasteiger partial charge is 0.263 e. The van der Waals surface area contributed by atoms with Crippen LogP contribution in [-0.4, -0.2) is 16.7 Å². The minimum atomic E-state index is -0.0339. The third-order valence-corrected chi connectivity index (χ3v) is 7.73. The van der Waals surface area contributed by atoms with Gasteiger partial charge < -0.3 is 4.74 Å². The zero-order valence-corrected chi connectivity index (χ0v) is 18.2. The van der Waals surface area contributed by atoms with Crippen molar-refractivity contribution in [2.45, 2.75) is 44.9 Å². The first-order chi connectivity index (χ1) is 14.7. The highest BCUT2D eigenvalue weighted by Crippen LogP contribution is 2.41. The predicted octanol–water partition coefficient (Wildman–Crippen LogP) is 6.29. The molecule has 0 spiro atoms. The lowest BCUT2D eigenvalue weighted by Crippen LogP contribution is -2.18. The van der Waals surface area contributed by atoms with E-state index in [1.807, 2.05) is 42.6 Å². The van der Waals surface area contributed by atoms with Crippen LogP contribution in [0, 0.1) is 5.92 Å². The molecule has 1 fully saturated rings. The zero-order chi connectivity index (χ0) is 20.7. The minimum absolute atomic E-state index is 0.0339. The maximum atomic E-state index is 13.1. The van der Waals surface area contributed by atoms with Gasteiger partial charge in [0, 0.05) is 23.6 Å². The highest BCUT2D eigenvalue weighted by Gasteiger charge is 2.24. The molecule has 4 aromatic rings. The van der Waals surface area contributed by atoms with Crippen LogP contribution < -0.4 is 10.3 Å². The van der Waals surface area contributed by atoms with E-state index in [0.717, 1.165) is 27.2 Å². The summed E-state index contributed by atoms with van der Waals surface area (Å²) in [7, 11) is 1.65. The van der Waals surface area contributed by atoms with Crippen molar-refractivity contribution < 1.29 is 4.74 Å². The highest BCUT2D eigenvalue weighted by atomic mass is 32.1. The molecule has 0 radical (unpaired) electrons. The van der Waals surface area contributed by atoms with Gasteiger partial charge in [-0.1, -0.05) is 31.5 Å². The van der Waals surface area contributed by atoms with Gasteiger partial charge in [-0.15, -0.1) is 11.3 Å². The Labute approximate surface area is 180 Å². The molecule has 0 unspecified atom stereocenters. The van der Waals surface area contributed by atoms with Crippen molar-refractivity contribution in [3.8, 4) is 11.4 Å². The molecular formula is C25H26N2O2S. The van der Waals surface area contributed by atoms with E-state index in [-0.39, 0.29) is 5.56 Å². The van der Waals surface area contributed by atoms with Crippen molar-refractivity contribution in [3.63, 3.8) is 0 Å².